The maximum Gasteiger partial charge on any atom is 0.178 e. The molecule has 0 aliphatic heterocycles. The molecule has 0 unspecified atom stereocenters. The SMILES string of the molecule is CCc1ccccc1-c1cnc2nc(-c3cc(OCc4ccccc4)cc(OC(C)C)c3)[nH]c2c1. The van der Waals surface area contributed by atoms with Gasteiger partial charge in [0.05, 0.1) is 11.6 Å². The Morgan fingerprint density at radius 1 is 0.857 bits per heavy atom. The molecule has 0 amide bonds. The molecule has 0 spiro atoms. The Labute approximate surface area is 205 Å². The van der Waals surface area contributed by atoms with Crippen LogP contribution in [0.25, 0.3) is 33.7 Å². The van der Waals surface area contributed by atoms with Crippen molar-refractivity contribution in [3.63, 3.8) is 0 Å². The van der Waals surface area contributed by atoms with E-state index in [1.165, 1.54) is 11.1 Å². The zero-order valence-corrected chi connectivity index (χ0v) is 20.3. The van der Waals surface area contributed by atoms with Crippen LogP contribution < -0.4 is 9.47 Å². The van der Waals surface area contributed by atoms with Crippen LogP contribution in [0, 0.1) is 0 Å². The van der Waals surface area contributed by atoms with Crippen LogP contribution in [0.15, 0.2) is 85.1 Å². The van der Waals surface area contributed by atoms with Gasteiger partial charge in [-0.25, -0.2) is 9.97 Å². The molecule has 0 aliphatic rings. The number of nitrogens with one attached hydrogen (secondary N) is 1. The van der Waals surface area contributed by atoms with Gasteiger partial charge in [-0.2, -0.15) is 0 Å². The molecule has 0 saturated carbocycles. The molecule has 176 valence electrons. The summed E-state index contributed by atoms with van der Waals surface area (Å²) in [7, 11) is 0. The highest BCUT2D eigenvalue weighted by atomic mass is 16.5. The molecule has 2 aromatic heterocycles. The smallest absolute Gasteiger partial charge is 0.178 e. The van der Waals surface area contributed by atoms with Gasteiger partial charge in [0.15, 0.2) is 5.65 Å². The van der Waals surface area contributed by atoms with Gasteiger partial charge in [0, 0.05) is 23.4 Å². The maximum atomic E-state index is 6.12. The van der Waals surface area contributed by atoms with Crippen molar-refractivity contribution in [2.24, 2.45) is 0 Å². The molecule has 2 heterocycles. The molecule has 5 nitrogen and oxygen atoms in total. The normalized spacial score (nSPS) is 11.2. The number of aryl methyl sites for hydroxylation is 1. The van der Waals surface area contributed by atoms with Crippen LogP contribution in [0.1, 0.15) is 31.9 Å². The molecule has 5 rings (SSSR count). The summed E-state index contributed by atoms with van der Waals surface area (Å²) in [5, 5.41) is 0. The Balaban J connectivity index is 1.49. The largest absolute Gasteiger partial charge is 0.491 e. The molecule has 5 heteroatoms. The second-order valence-electron chi connectivity index (χ2n) is 8.83. The third-order valence-electron chi connectivity index (χ3n) is 5.82. The lowest BCUT2D eigenvalue weighted by Gasteiger charge is -2.14. The van der Waals surface area contributed by atoms with Crippen LogP contribution in [0.3, 0.4) is 0 Å². The first-order chi connectivity index (χ1) is 17.1. The van der Waals surface area contributed by atoms with E-state index in [9.17, 15) is 0 Å². The van der Waals surface area contributed by atoms with E-state index >= 15 is 0 Å². The Morgan fingerprint density at radius 3 is 2.43 bits per heavy atom. The lowest BCUT2D eigenvalue weighted by Crippen LogP contribution is -2.06. The summed E-state index contributed by atoms with van der Waals surface area (Å²) >= 11 is 0. The van der Waals surface area contributed by atoms with E-state index in [0.717, 1.165) is 46.0 Å². The molecule has 0 saturated heterocycles. The standard InChI is InChI=1S/C30H29N3O2/c1-4-22-12-8-9-13-27(22)24-16-28-30(31-18-24)33-29(32-28)23-14-25(17-26(15-23)35-20(2)3)34-19-21-10-6-5-7-11-21/h5-18,20H,4,19H2,1-3H3,(H,31,32,33). The number of benzene rings is 3. The highest BCUT2D eigenvalue weighted by Crippen LogP contribution is 2.32. The zero-order chi connectivity index (χ0) is 24.2. The Bertz CT molecular complexity index is 1440. The predicted molar refractivity (Wildman–Crippen MR) is 141 cm³/mol. The lowest BCUT2D eigenvalue weighted by atomic mass is 9.99. The fourth-order valence-corrected chi connectivity index (χ4v) is 4.17. The van der Waals surface area contributed by atoms with E-state index in [2.05, 4.69) is 59.4 Å². The van der Waals surface area contributed by atoms with E-state index in [-0.39, 0.29) is 6.10 Å². The first kappa shape index (κ1) is 22.7. The number of imidazole rings is 1. The summed E-state index contributed by atoms with van der Waals surface area (Å²) in [6.45, 7) is 6.67. The van der Waals surface area contributed by atoms with Crippen LogP contribution in [0.5, 0.6) is 11.5 Å². The van der Waals surface area contributed by atoms with Gasteiger partial charge in [-0.1, -0.05) is 61.5 Å². The van der Waals surface area contributed by atoms with Gasteiger partial charge >= 0.3 is 0 Å². The van der Waals surface area contributed by atoms with Crippen molar-refractivity contribution in [3.8, 4) is 34.0 Å². The Morgan fingerprint density at radius 2 is 1.63 bits per heavy atom. The summed E-state index contributed by atoms with van der Waals surface area (Å²) in [6.07, 6.45) is 2.91. The summed E-state index contributed by atoms with van der Waals surface area (Å²) in [5.41, 5.74) is 7.15. The maximum absolute atomic E-state index is 6.12. The van der Waals surface area contributed by atoms with Crippen LogP contribution in [0.2, 0.25) is 0 Å². The highest BCUT2D eigenvalue weighted by molar-refractivity contribution is 5.82. The summed E-state index contributed by atoms with van der Waals surface area (Å²) < 4.78 is 12.1. The average molecular weight is 464 g/mol. The molecule has 0 atom stereocenters. The number of nitrogens with zero attached hydrogens (tertiary/aromatic N) is 2. The van der Waals surface area contributed by atoms with Crippen molar-refractivity contribution in [1.29, 1.82) is 0 Å². The van der Waals surface area contributed by atoms with Gasteiger partial charge in [0.1, 0.15) is 23.9 Å². The fourth-order valence-electron chi connectivity index (χ4n) is 4.17. The second kappa shape index (κ2) is 10.0. The Hall–Kier alpha value is -4.12. The van der Waals surface area contributed by atoms with Crippen molar-refractivity contribution in [2.75, 3.05) is 0 Å². The highest BCUT2D eigenvalue weighted by Gasteiger charge is 2.13. The fraction of sp³-hybridized carbons (Fsp3) is 0.200. The number of fused-ring (bicyclic) bond motifs is 1. The van der Waals surface area contributed by atoms with Crippen LogP contribution in [-0.4, -0.2) is 21.1 Å². The molecule has 5 aromatic rings. The van der Waals surface area contributed by atoms with Gasteiger partial charge < -0.3 is 14.5 Å². The summed E-state index contributed by atoms with van der Waals surface area (Å²) in [5.74, 6) is 2.20. The van der Waals surface area contributed by atoms with Gasteiger partial charge in [-0.15, -0.1) is 0 Å². The van der Waals surface area contributed by atoms with Gasteiger partial charge in [-0.3, -0.25) is 0 Å². The number of H-pyrrole nitrogens is 1. The minimum Gasteiger partial charge on any atom is -0.491 e. The second-order valence-corrected chi connectivity index (χ2v) is 8.83. The number of rotatable bonds is 8. The first-order valence-corrected chi connectivity index (χ1v) is 12.0. The van der Waals surface area contributed by atoms with E-state index in [4.69, 9.17) is 14.5 Å². The lowest BCUT2D eigenvalue weighted by molar-refractivity contribution is 0.239. The molecule has 0 aliphatic carbocycles. The third kappa shape index (κ3) is 5.19. The van der Waals surface area contributed by atoms with E-state index in [0.29, 0.717) is 12.3 Å². The minimum atomic E-state index is 0.0470. The third-order valence-corrected chi connectivity index (χ3v) is 5.82. The molecular weight excluding hydrogens is 434 g/mol. The molecule has 0 radical (unpaired) electrons. The zero-order valence-electron chi connectivity index (χ0n) is 20.3. The van der Waals surface area contributed by atoms with Gasteiger partial charge in [-0.05, 0) is 55.2 Å². The molecular formula is C30H29N3O2. The van der Waals surface area contributed by atoms with Crippen molar-refractivity contribution >= 4 is 11.2 Å². The van der Waals surface area contributed by atoms with Gasteiger partial charge in [0.2, 0.25) is 0 Å². The minimum absolute atomic E-state index is 0.0470. The number of pyridine rings is 1. The monoisotopic (exact) mass is 463 g/mol. The molecule has 3 aromatic carbocycles. The van der Waals surface area contributed by atoms with E-state index in [1.54, 1.807) is 0 Å². The molecule has 0 fully saturated rings. The number of aromatic nitrogens is 3. The van der Waals surface area contributed by atoms with Crippen molar-refractivity contribution in [1.82, 2.24) is 15.0 Å². The van der Waals surface area contributed by atoms with Crippen molar-refractivity contribution in [2.45, 2.75) is 39.9 Å². The van der Waals surface area contributed by atoms with E-state index in [1.807, 2.05) is 56.4 Å². The molecule has 35 heavy (non-hydrogen) atoms. The van der Waals surface area contributed by atoms with Crippen LogP contribution in [-0.2, 0) is 13.0 Å². The quantitative estimate of drug-likeness (QED) is 0.264. The number of hydrogen-bond acceptors (Lipinski definition) is 4. The summed E-state index contributed by atoms with van der Waals surface area (Å²) in [4.78, 5) is 12.9. The first-order valence-electron chi connectivity index (χ1n) is 12.0. The van der Waals surface area contributed by atoms with Crippen LogP contribution in [0.4, 0.5) is 0 Å². The summed E-state index contributed by atoms with van der Waals surface area (Å²) in [6, 6.07) is 26.6. The predicted octanol–water partition coefficient (Wildman–Crippen LogP) is 7.22. The molecule has 1 N–H and O–H groups in total. The topological polar surface area (TPSA) is 60.0 Å². The number of aromatic amines is 1. The average Bonchev–Trinajstić information content (AvgIpc) is 3.31. The molecule has 0 bridgehead atoms. The number of ether oxygens (including phenoxy) is 2. The van der Waals surface area contributed by atoms with Gasteiger partial charge in [0.25, 0.3) is 0 Å². The van der Waals surface area contributed by atoms with E-state index < -0.39 is 0 Å². The van der Waals surface area contributed by atoms with Crippen LogP contribution >= 0.6 is 0 Å². The van der Waals surface area contributed by atoms with Crippen molar-refractivity contribution < 1.29 is 9.47 Å². The Kier molecular flexibility index (Phi) is 6.49. The number of hydrogen-bond donors (Lipinski definition) is 1. The van der Waals surface area contributed by atoms with Crippen molar-refractivity contribution in [3.05, 3.63) is 96.2 Å².